The summed E-state index contributed by atoms with van der Waals surface area (Å²) in [4.78, 5) is 0. The van der Waals surface area contributed by atoms with Crippen LogP contribution < -0.4 is 5.32 Å². The van der Waals surface area contributed by atoms with Crippen LogP contribution >= 0.6 is 0 Å². The van der Waals surface area contributed by atoms with E-state index < -0.39 is 0 Å². The zero-order valence-corrected chi connectivity index (χ0v) is 5.35. The van der Waals surface area contributed by atoms with Crippen LogP contribution in [-0.4, -0.2) is 12.6 Å². The zero-order chi connectivity index (χ0) is 5.56. The molecule has 1 nitrogen and oxygen atoms in total. The van der Waals surface area contributed by atoms with Gasteiger partial charge in [0.05, 0.1) is 0 Å². The molecule has 46 valence electrons. The van der Waals surface area contributed by atoms with Crippen LogP contribution in [-0.2, 0) is 0 Å². The molecule has 0 aromatic heterocycles. The molecular weight excluding hydrogens is 98.1 g/mol. The Morgan fingerprint density at radius 3 is 3.00 bits per heavy atom. The summed E-state index contributed by atoms with van der Waals surface area (Å²) in [5.41, 5.74) is 0. The molecule has 3 atom stereocenters. The van der Waals surface area contributed by atoms with Crippen molar-refractivity contribution in [2.45, 2.75) is 25.8 Å². The molecule has 0 aromatic carbocycles. The van der Waals surface area contributed by atoms with Crippen LogP contribution in [0.15, 0.2) is 0 Å². The quantitative estimate of drug-likeness (QED) is 0.492. The van der Waals surface area contributed by atoms with E-state index in [1.165, 1.54) is 19.4 Å². The Hall–Kier alpha value is -0.0400. The molecule has 1 heteroatoms. The van der Waals surface area contributed by atoms with E-state index in [1.54, 1.807) is 0 Å². The SMILES string of the molecule is CC1NCCC2CC21. The minimum atomic E-state index is 0.828. The van der Waals surface area contributed by atoms with Gasteiger partial charge in [-0.3, -0.25) is 0 Å². The van der Waals surface area contributed by atoms with Gasteiger partial charge in [-0.2, -0.15) is 0 Å². The lowest BCUT2D eigenvalue weighted by Crippen LogP contribution is -2.33. The van der Waals surface area contributed by atoms with Gasteiger partial charge in [0.25, 0.3) is 0 Å². The van der Waals surface area contributed by atoms with Gasteiger partial charge in [-0.1, -0.05) is 0 Å². The maximum atomic E-state index is 3.47. The fourth-order valence-electron chi connectivity index (χ4n) is 1.86. The summed E-state index contributed by atoms with van der Waals surface area (Å²) in [5, 5.41) is 3.47. The molecule has 1 N–H and O–H groups in total. The van der Waals surface area contributed by atoms with Gasteiger partial charge < -0.3 is 5.32 Å². The van der Waals surface area contributed by atoms with Crippen LogP contribution in [0, 0.1) is 11.8 Å². The van der Waals surface area contributed by atoms with Gasteiger partial charge in [-0.15, -0.1) is 0 Å². The van der Waals surface area contributed by atoms with E-state index in [4.69, 9.17) is 0 Å². The third-order valence-corrected chi connectivity index (χ3v) is 2.60. The van der Waals surface area contributed by atoms with Gasteiger partial charge in [-0.05, 0) is 38.1 Å². The van der Waals surface area contributed by atoms with Crippen LogP contribution in [0.1, 0.15) is 19.8 Å². The largest absolute Gasteiger partial charge is 0.314 e. The molecule has 1 heterocycles. The van der Waals surface area contributed by atoms with Crippen molar-refractivity contribution in [3.63, 3.8) is 0 Å². The van der Waals surface area contributed by atoms with Gasteiger partial charge in [0, 0.05) is 6.04 Å². The van der Waals surface area contributed by atoms with E-state index in [-0.39, 0.29) is 0 Å². The van der Waals surface area contributed by atoms with Gasteiger partial charge >= 0.3 is 0 Å². The van der Waals surface area contributed by atoms with Gasteiger partial charge in [0.15, 0.2) is 0 Å². The summed E-state index contributed by atoms with van der Waals surface area (Å²) in [6, 6.07) is 0.828. The average molecular weight is 111 g/mol. The van der Waals surface area contributed by atoms with E-state index in [0.717, 1.165) is 17.9 Å². The molecule has 1 saturated carbocycles. The first-order chi connectivity index (χ1) is 3.88. The second kappa shape index (κ2) is 1.47. The molecule has 0 spiro atoms. The van der Waals surface area contributed by atoms with Crippen LogP contribution in [0.5, 0.6) is 0 Å². The molecule has 0 amide bonds. The Kier molecular flexibility index (Phi) is 0.884. The number of piperidine rings is 1. The second-order valence-corrected chi connectivity index (χ2v) is 3.19. The minimum Gasteiger partial charge on any atom is -0.314 e. The molecule has 2 aliphatic rings. The summed E-state index contributed by atoms with van der Waals surface area (Å²) in [6.45, 7) is 3.58. The van der Waals surface area contributed by atoms with Crippen molar-refractivity contribution < 1.29 is 0 Å². The monoisotopic (exact) mass is 111 g/mol. The van der Waals surface area contributed by atoms with E-state index >= 15 is 0 Å². The summed E-state index contributed by atoms with van der Waals surface area (Å²) in [6.07, 6.45) is 2.95. The normalized spacial score (nSPS) is 52.9. The van der Waals surface area contributed by atoms with Crippen LogP contribution in [0.3, 0.4) is 0 Å². The van der Waals surface area contributed by atoms with Crippen LogP contribution in [0.4, 0.5) is 0 Å². The standard InChI is InChI=1S/C7H13N/c1-5-7-4-6(7)2-3-8-5/h5-8H,2-4H2,1H3. The van der Waals surface area contributed by atoms with Crippen molar-refractivity contribution in [2.75, 3.05) is 6.54 Å². The first-order valence-electron chi connectivity index (χ1n) is 3.61. The third kappa shape index (κ3) is 0.576. The fraction of sp³-hybridized carbons (Fsp3) is 1.00. The average Bonchev–Trinajstić information content (AvgIpc) is 2.45. The van der Waals surface area contributed by atoms with Crippen molar-refractivity contribution in [3.8, 4) is 0 Å². The number of rotatable bonds is 0. The van der Waals surface area contributed by atoms with E-state index in [0.29, 0.717) is 0 Å². The topological polar surface area (TPSA) is 12.0 Å². The summed E-state index contributed by atoms with van der Waals surface area (Å²) >= 11 is 0. The van der Waals surface area contributed by atoms with Crippen molar-refractivity contribution >= 4 is 0 Å². The molecule has 0 bridgehead atoms. The van der Waals surface area contributed by atoms with E-state index in [2.05, 4.69) is 12.2 Å². The number of fused-ring (bicyclic) bond motifs is 1. The molecule has 1 saturated heterocycles. The number of nitrogens with one attached hydrogen (secondary N) is 1. The molecule has 0 radical (unpaired) electrons. The molecule has 8 heavy (non-hydrogen) atoms. The fourth-order valence-corrected chi connectivity index (χ4v) is 1.86. The summed E-state index contributed by atoms with van der Waals surface area (Å²) in [7, 11) is 0. The summed E-state index contributed by atoms with van der Waals surface area (Å²) in [5.74, 6) is 2.18. The highest BCUT2D eigenvalue weighted by molar-refractivity contribution is 4.96. The first kappa shape index (κ1) is 4.80. The molecule has 2 rings (SSSR count). The van der Waals surface area contributed by atoms with Crippen molar-refractivity contribution in [2.24, 2.45) is 11.8 Å². The lowest BCUT2D eigenvalue weighted by atomic mass is 10.1. The third-order valence-electron chi connectivity index (χ3n) is 2.60. The Balaban J connectivity index is 1.99. The second-order valence-electron chi connectivity index (χ2n) is 3.19. The maximum absolute atomic E-state index is 3.47. The Bertz CT molecular complexity index is 101. The van der Waals surface area contributed by atoms with Crippen molar-refractivity contribution in [1.82, 2.24) is 5.32 Å². The molecular formula is C7H13N. The molecule has 2 fully saturated rings. The molecule has 1 aliphatic heterocycles. The number of hydrogen-bond acceptors (Lipinski definition) is 1. The smallest absolute Gasteiger partial charge is 0.00697 e. The van der Waals surface area contributed by atoms with E-state index in [1.807, 2.05) is 0 Å². The minimum absolute atomic E-state index is 0.828. The maximum Gasteiger partial charge on any atom is 0.00697 e. The first-order valence-corrected chi connectivity index (χ1v) is 3.61. The van der Waals surface area contributed by atoms with Crippen LogP contribution in [0.2, 0.25) is 0 Å². The zero-order valence-electron chi connectivity index (χ0n) is 5.35. The van der Waals surface area contributed by atoms with Gasteiger partial charge in [-0.25, -0.2) is 0 Å². The Morgan fingerprint density at radius 1 is 1.50 bits per heavy atom. The van der Waals surface area contributed by atoms with Gasteiger partial charge in [0.1, 0.15) is 0 Å². The summed E-state index contributed by atoms with van der Waals surface area (Å²) < 4.78 is 0. The van der Waals surface area contributed by atoms with Gasteiger partial charge in [0.2, 0.25) is 0 Å². The molecule has 0 aromatic rings. The Labute approximate surface area is 50.5 Å². The highest BCUT2D eigenvalue weighted by Crippen LogP contribution is 2.45. The lowest BCUT2D eigenvalue weighted by molar-refractivity contribution is 0.403. The van der Waals surface area contributed by atoms with E-state index in [9.17, 15) is 0 Å². The Morgan fingerprint density at radius 2 is 2.38 bits per heavy atom. The molecule has 3 unspecified atom stereocenters. The predicted molar refractivity (Wildman–Crippen MR) is 33.7 cm³/mol. The lowest BCUT2D eigenvalue weighted by Gasteiger charge is -2.17. The predicted octanol–water partition coefficient (Wildman–Crippen LogP) is 1.00. The van der Waals surface area contributed by atoms with Crippen molar-refractivity contribution in [1.29, 1.82) is 0 Å². The highest BCUT2D eigenvalue weighted by atomic mass is 14.9. The van der Waals surface area contributed by atoms with Crippen molar-refractivity contribution in [3.05, 3.63) is 0 Å². The number of hydrogen-bond donors (Lipinski definition) is 1. The van der Waals surface area contributed by atoms with Crippen LogP contribution in [0.25, 0.3) is 0 Å². The molecule has 1 aliphatic carbocycles. The highest BCUT2D eigenvalue weighted by Gasteiger charge is 2.42.